The van der Waals surface area contributed by atoms with Gasteiger partial charge in [0.15, 0.2) is 5.78 Å². The maximum Gasteiger partial charge on any atom is 0.227 e. The van der Waals surface area contributed by atoms with Gasteiger partial charge in [-0.1, -0.05) is 13.0 Å². The molecule has 1 amide bonds. The Hall–Kier alpha value is -1.12. The normalized spacial score (nSPS) is 17.7. The molecule has 0 N–H and O–H groups in total. The van der Waals surface area contributed by atoms with Crippen LogP contribution in [0.5, 0.6) is 0 Å². The first-order chi connectivity index (χ1) is 5.65. The zero-order valence-corrected chi connectivity index (χ0v) is 7.46. The summed E-state index contributed by atoms with van der Waals surface area (Å²) in [7, 11) is 1.74. The summed E-state index contributed by atoms with van der Waals surface area (Å²) in [6.07, 6.45) is 2.61. The van der Waals surface area contributed by atoms with Crippen molar-refractivity contribution in [1.29, 1.82) is 0 Å². The first kappa shape index (κ1) is 8.97. The van der Waals surface area contributed by atoms with Gasteiger partial charge < -0.3 is 4.90 Å². The predicted octanol–water partition coefficient (Wildman–Crippen LogP) is 0.754. The Morgan fingerprint density at radius 3 is 2.83 bits per heavy atom. The maximum atomic E-state index is 11.2. The Kier molecular flexibility index (Phi) is 2.63. The monoisotopic (exact) mass is 167 g/mol. The fourth-order valence-corrected chi connectivity index (χ4v) is 1.16. The lowest BCUT2D eigenvalue weighted by molar-refractivity contribution is -0.130. The van der Waals surface area contributed by atoms with E-state index in [0.29, 0.717) is 18.5 Å². The minimum atomic E-state index is 0.0364. The number of likely N-dealkylation sites (N-methyl/N-ethyl adjacent to an activating group) is 1. The third-order valence-corrected chi connectivity index (χ3v) is 2.06. The highest BCUT2D eigenvalue weighted by molar-refractivity contribution is 6.00. The Labute approximate surface area is 72.0 Å². The minimum Gasteiger partial charge on any atom is -0.342 e. The van der Waals surface area contributed by atoms with Crippen molar-refractivity contribution in [2.75, 3.05) is 13.6 Å². The van der Waals surface area contributed by atoms with Crippen LogP contribution in [0.1, 0.15) is 19.8 Å². The molecule has 12 heavy (non-hydrogen) atoms. The Balaban J connectivity index is 2.70. The molecule has 0 atom stereocenters. The van der Waals surface area contributed by atoms with E-state index in [1.54, 1.807) is 11.9 Å². The van der Waals surface area contributed by atoms with Crippen LogP contribution in [-0.4, -0.2) is 30.2 Å². The van der Waals surface area contributed by atoms with Crippen molar-refractivity contribution in [2.24, 2.45) is 0 Å². The summed E-state index contributed by atoms with van der Waals surface area (Å²) in [4.78, 5) is 24.0. The first-order valence-corrected chi connectivity index (χ1v) is 4.11. The van der Waals surface area contributed by atoms with Crippen molar-refractivity contribution in [1.82, 2.24) is 4.90 Å². The molecule has 0 aromatic heterocycles. The molecule has 1 rings (SSSR count). The number of hydrogen-bond donors (Lipinski definition) is 0. The molecule has 0 spiro atoms. The second-order valence-corrected chi connectivity index (χ2v) is 2.96. The third kappa shape index (κ3) is 1.72. The molecule has 0 saturated heterocycles. The summed E-state index contributed by atoms with van der Waals surface area (Å²) in [6.45, 7) is 2.38. The molecule has 0 aromatic carbocycles. The van der Waals surface area contributed by atoms with E-state index in [1.165, 1.54) is 0 Å². The fourth-order valence-electron chi connectivity index (χ4n) is 1.16. The number of hydrogen-bond acceptors (Lipinski definition) is 2. The number of carbonyl (C=O) groups excluding carboxylic acids is 2. The zero-order chi connectivity index (χ0) is 9.14. The standard InChI is InChI=1S/C9H13NO2/c1-3-8(11)7-4-5-10(2)9(12)6-7/h4H,3,5-6H2,1-2H3. The number of ketones is 1. The van der Waals surface area contributed by atoms with Crippen molar-refractivity contribution >= 4 is 11.7 Å². The summed E-state index contributed by atoms with van der Waals surface area (Å²) in [6, 6.07) is 0. The van der Waals surface area contributed by atoms with E-state index in [1.807, 2.05) is 13.0 Å². The quantitative estimate of drug-likeness (QED) is 0.608. The highest BCUT2D eigenvalue weighted by Gasteiger charge is 2.19. The van der Waals surface area contributed by atoms with Gasteiger partial charge in [-0.25, -0.2) is 0 Å². The van der Waals surface area contributed by atoms with Crippen molar-refractivity contribution < 1.29 is 9.59 Å². The zero-order valence-electron chi connectivity index (χ0n) is 7.46. The van der Waals surface area contributed by atoms with Gasteiger partial charge in [0.25, 0.3) is 0 Å². The van der Waals surface area contributed by atoms with Crippen molar-refractivity contribution in [2.45, 2.75) is 19.8 Å². The molecule has 1 aliphatic heterocycles. The summed E-state index contributed by atoms with van der Waals surface area (Å²) >= 11 is 0. The van der Waals surface area contributed by atoms with E-state index >= 15 is 0 Å². The number of Topliss-reactive ketones (excluding diaryl/α,β-unsaturated/α-hetero) is 1. The first-order valence-electron chi connectivity index (χ1n) is 4.11. The van der Waals surface area contributed by atoms with Crippen LogP contribution in [0.2, 0.25) is 0 Å². The predicted molar refractivity (Wildman–Crippen MR) is 45.6 cm³/mol. The van der Waals surface area contributed by atoms with E-state index in [-0.39, 0.29) is 18.1 Å². The molecule has 0 unspecified atom stereocenters. The lowest BCUT2D eigenvalue weighted by Crippen LogP contribution is -2.31. The molecule has 0 aliphatic carbocycles. The summed E-state index contributed by atoms with van der Waals surface area (Å²) < 4.78 is 0. The topological polar surface area (TPSA) is 37.4 Å². The van der Waals surface area contributed by atoms with Gasteiger partial charge in [-0.2, -0.15) is 0 Å². The number of amides is 1. The molecular formula is C9H13NO2. The van der Waals surface area contributed by atoms with Crippen molar-refractivity contribution in [3.8, 4) is 0 Å². The smallest absolute Gasteiger partial charge is 0.227 e. The molecular weight excluding hydrogens is 154 g/mol. The Morgan fingerprint density at radius 2 is 2.33 bits per heavy atom. The largest absolute Gasteiger partial charge is 0.342 e. The van der Waals surface area contributed by atoms with Crippen LogP contribution < -0.4 is 0 Å². The van der Waals surface area contributed by atoms with Crippen LogP contribution in [0.3, 0.4) is 0 Å². The molecule has 3 heteroatoms. The van der Waals surface area contributed by atoms with E-state index in [9.17, 15) is 9.59 Å². The molecule has 0 saturated carbocycles. The highest BCUT2D eigenvalue weighted by Crippen LogP contribution is 2.12. The molecule has 0 radical (unpaired) electrons. The average Bonchev–Trinajstić information content (AvgIpc) is 2.08. The van der Waals surface area contributed by atoms with Crippen LogP contribution in [0, 0.1) is 0 Å². The minimum absolute atomic E-state index is 0.0364. The molecule has 0 fully saturated rings. The van der Waals surface area contributed by atoms with Crippen LogP contribution in [-0.2, 0) is 9.59 Å². The van der Waals surface area contributed by atoms with Gasteiger partial charge in [-0.05, 0) is 0 Å². The van der Waals surface area contributed by atoms with E-state index in [0.717, 1.165) is 0 Å². The van der Waals surface area contributed by atoms with Crippen LogP contribution in [0.25, 0.3) is 0 Å². The fraction of sp³-hybridized carbons (Fsp3) is 0.556. The maximum absolute atomic E-state index is 11.2. The summed E-state index contributed by atoms with van der Waals surface area (Å²) in [5.41, 5.74) is 0.681. The van der Waals surface area contributed by atoms with E-state index < -0.39 is 0 Å². The summed E-state index contributed by atoms with van der Waals surface area (Å²) in [5.74, 6) is 0.130. The number of rotatable bonds is 2. The molecule has 0 bridgehead atoms. The lowest BCUT2D eigenvalue weighted by atomic mass is 10.0. The van der Waals surface area contributed by atoms with Crippen LogP contribution in [0.4, 0.5) is 0 Å². The number of nitrogens with zero attached hydrogens (tertiary/aromatic N) is 1. The van der Waals surface area contributed by atoms with E-state index in [4.69, 9.17) is 0 Å². The van der Waals surface area contributed by atoms with Crippen molar-refractivity contribution in [3.05, 3.63) is 11.6 Å². The molecule has 66 valence electrons. The van der Waals surface area contributed by atoms with Gasteiger partial charge in [-0.3, -0.25) is 9.59 Å². The SMILES string of the molecule is CCC(=O)C1=CCN(C)C(=O)C1. The molecule has 1 heterocycles. The second kappa shape index (κ2) is 3.52. The van der Waals surface area contributed by atoms with Crippen LogP contribution >= 0.6 is 0 Å². The average molecular weight is 167 g/mol. The molecule has 3 nitrogen and oxygen atoms in total. The molecule has 0 aromatic rings. The van der Waals surface area contributed by atoms with Crippen molar-refractivity contribution in [3.63, 3.8) is 0 Å². The molecule has 1 aliphatic rings. The Morgan fingerprint density at radius 1 is 1.67 bits per heavy atom. The van der Waals surface area contributed by atoms with Gasteiger partial charge in [0, 0.05) is 25.6 Å². The number of carbonyl (C=O) groups is 2. The van der Waals surface area contributed by atoms with Crippen LogP contribution in [0.15, 0.2) is 11.6 Å². The lowest BCUT2D eigenvalue weighted by Gasteiger charge is -2.21. The van der Waals surface area contributed by atoms with Gasteiger partial charge in [-0.15, -0.1) is 0 Å². The van der Waals surface area contributed by atoms with Gasteiger partial charge in [0.1, 0.15) is 0 Å². The van der Waals surface area contributed by atoms with Gasteiger partial charge in [0.2, 0.25) is 5.91 Å². The highest BCUT2D eigenvalue weighted by atomic mass is 16.2. The second-order valence-electron chi connectivity index (χ2n) is 2.96. The van der Waals surface area contributed by atoms with Gasteiger partial charge >= 0.3 is 0 Å². The third-order valence-electron chi connectivity index (χ3n) is 2.06. The summed E-state index contributed by atoms with van der Waals surface area (Å²) in [5, 5.41) is 0. The van der Waals surface area contributed by atoms with E-state index in [2.05, 4.69) is 0 Å². The van der Waals surface area contributed by atoms with Gasteiger partial charge in [0.05, 0.1) is 6.42 Å². The Bertz CT molecular complexity index is 243.